The highest BCUT2D eigenvalue weighted by molar-refractivity contribution is 6.35. The fraction of sp³-hybridized carbons (Fsp3) is 0.812. The highest BCUT2D eigenvalue weighted by atomic mass is 19.3. The van der Waals surface area contributed by atoms with Crippen molar-refractivity contribution < 1.29 is 32.3 Å². The molecule has 0 aromatic heterocycles. The van der Waals surface area contributed by atoms with Gasteiger partial charge in [0.25, 0.3) is 11.8 Å². The number of rotatable bonds is 1. The molecule has 1 spiro atoms. The number of amides is 2. The first-order valence-electron chi connectivity index (χ1n) is 8.38. The van der Waals surface area contributed by atoms with E-state index in [1.165, 1.54) is 0 Å². The van der Waals surface area contributed by atoms with Crippen molar-refractivity contribution in [1.29, 1.82) is 5.26 Å². The summed E-state index contributed by atoms with van der Waals surface area (Å²) < 4.78 is 55.4. The molecule has 0 aromatic rings. The number of hydrogen-bond acceptors (Lipinski definition) is 4. The van der Waals surface area contributed by atoms with Crippen molar-refractivity contribution in [3.8, 4) is 6.07 Å². The molecule has 5 aliphatic rings. The van der Waals surface area contributed by atoms with Gasteiger partial charge in [-0.25, -0.2) is 17.6 Å². The van der Waals surface area contributed by atoms with Crippen molar-refractivity contribution in [3.05, 3.63) is 0 Å². The van der Waals surface area contributed by atoms with E-state index in [0.29, 0.717) is 24.2 Å². The summed E-state index contributed by atoms with van der Waals surface area (Å²) in [5.41, 5.74) is -3.31. The number of nitriles is 1. The van der Waals surface area contributed by atoms with Gasteiger partial charge in [-0.1, -0.05) is 0 Å². The third kappa shape index (κ3) is 2.12. The van der Waals surface area contributed by atoms with Crippen LogP contribution in [-0.2, 0) is 9.59 Å². The van der Waals surface area contributed by atoms with Crippen LogP contribution in [0.3, 0.4) is 0 Å². The van der Waals surface area contributed by atoms with Gasteiger partial charge in [0, 0.05) is 18.4 Å². The van der Waals surface area contributed by atoms with Gasteiger partial charge in [0.2, 0.25) is 0 Å². The molecule has 0 aromatic carbocycles. The second kappa shape index (κ2) is 4.68. The first-order valence-corrected chi connectivity index (χ1v) is 8.38. The first-order chi connectivity index (χ1) is 11.9. The van der Waals surface area contributed by atoms with Crippen LogP contribution in [0.4, 0.5) is 17.6 Å². The Morgan fingerprint density at radius 2 is 1.73 bits per heavy atom. The van der Waals surface area contributed by atoms with Crippen molar-refractivity contribution >= 4 is 11.8 Å². The standard InChI is InChI=1S/C16H17F4N3O3/c17-15(18)2-1-14(6-15)11(26)16(19,20)8-23(14)10(25)9(24)22-13-3-12(4-13,5-13)7-21/h11,26H,1-6,8H2,(H,22,24)/t11-,12?,13?,14+/m1/s1. The van der Waals surface area contributed by atoms with E-state index in [-0.39, 0.29) is 0 Å². The lowest BCUT2D eigenvalue weighted by molar-refractivity contribution is -0.160. The maximum absolute atomic E-state index is 14.0. The molecule has 0 unspecified atom stereocenters. The molecule has 1 saturated heterocycles. The van der Waals surface area contributed by atoms with E-state index in [4.69, 9.17) is 5.26 Å². The van der Waals surface area contributed by atoms with Crippen LogP contribution in [0.1, 0.15) is 38.5 Å². The third-order valence-corrected chi connectivity index (χ3v) is 6.39. The Morgan fingerprint density at radius 3 is 2.23 bits per heavy atom. The number of carbonyl (C=O) groups is 2. The van der Waals surface area contributed by atoms with Crippen LogP contribution < -0.4 is 5.32 Å². The summed E-state index contributed by atoms with van der Waals surface area (Å²) in [5.74, 6) is -9.55. The molecule has 10 heteroatoms. The van der Waals surface area contributed by atoms with Crippen LogP contribution in [0, 0.1) is 16.7 Å². The maximum atomic E-state index is 14.0. The number of likely N-dealkylation sites (tertiary alicyclic amines) is 1. The SMILES string of the molecule is N#CC12CC(NC(=O)C(=O)N3CC(F)(F)[C@H](O)[C@@]34CCC(F)(F)C4)(C1)C2. The fourth-order valence-electron chi connectivity index (χ4n) is 5.21. The van der Waals surface area contributed by atoms with Gasteiger partial charge in [-0.2, -0.15) is 5.26 Å². The minimum Gasteiger partial charge on any atom is -0.384 e. The minimum absolute atomic E-state index is 0.386. The van der Waals surface area contributed by atoms with Crippen molar-refractivity contribution in [3.63, 3.8) is 0 Å². The van der Waals surface area contributed by atoms with E-state index >= 15 is 0 Å². The maximum Gasteiger partial charge on any atom is 0.312 e. The number of aliphatic hydroxyl groups is 1. The molecular formula is C16H17F4N3O3. The minimum atomic E-state index is -3.77. The van der Waals surface area contributed by atoms with Crippen LogP contribution in [0.15, 0.2) is 0 Å². The van der Waals surface area contributed by atoms with Crippen LogP contribution in [0.5, 0.6) is 0 Å². The van der Waals surface area contributed by atoms with E-state index in [2.05, 4.69) is 11.4 Å². The summed E-state index contributed by atoms with van der Waals surface area (Å²) >= 11 is 0. The zero-order chi connectivity index (χ0) is 19.2. The average Bonchev–Trinajstić information content (AvgIpc) is 2.90. The molecule has 6 nitrogen and oxygen atoms in total. The van der Waals surface area contributed by atoms with Crippen molar-refractivity contribution in [1.82, 2.24) is 10.2 Å². The predicted octanol–water partition coefficient (Wildman–Crippen LogP) is 0.945. The van der Waals surface area contributed by atoms with Gasteiger partial charge in [0.05, 0.1) is 23.6 Å². The van der Waals surface area contributed by atoms with Crippen LogP contribution in [-0.4, -0.2) is 57.4 Å². The van der Waals surface area contributed by atoms with Gasteiger partial charge in [0.1, 0.15) is 6.10 Å². The van der Waals surface area contributed by atoms with Crippen molar-refractivity contribution in [2.75, 3.05) is 6.54 Å². The van der Waals surface area contributed by atoms with Gasteiger partial charge in [-0.3, -0.25) is 9.59 Å². The van der Waals surface area contributed by atoms with Crippen LogP contribution in [0.25, 0.3) is 0 Å². The number of alkyl halides is 4. The summed E-state index contributed by atoms with van der Waals surface area (Å²) in [6.07, 6.45) is -3.62. The number of nitrogens with zero attached hydrogens (tertiary/aromatic N) is 2. The Morgan fingerprint density at radius 1 is 1.12 bits per heavy atom. The Kier molecular flexibility index (Phi) is 3.16. The first kappa shape index (κ1) is 17.5. The van der Waals surface area contributed by atoms with E-state index in [1.54, 1.807) is 0 Å². The molecule has 142 valence electrons. The Bertz CT molecular complexity index is 730. The number of halogens is 4. The van der Waals surface area contributed by atoms with E-state index in [1.807, 2.05) is 0 Å². The quantitative estimate of drug-likeness (QED) is 0.527. The van der Waals surface area contributed by atoms with Crippen molar-refractivity contribution in [2.45, 2.75) is 67.6 Å². The van der Waals surface area contributed by atoms with E-state index < -0.39 is 72.1 Å². The molecule has 2 atom stereocenters. The average molecular weight is 375 g/mol. The molecule has 1 heterocycles. The summed E-state index contributed by atoms with van der Waals surface area (Å²) in [5, 5.41) is 21.4. The summed E-state index contributed by atoms with van der Waals surface area (Å²) in [4.78, 5) is 25.2. The Labute approximate surface area is 146 Å². The van der Waals surface area contributed by atoms with Crippen LogP contribution >= 0.6 is 0 Å². The molecule has 2 bridgehead atoms. The van der Waals surface area contributed by atoms with E-state index in [0.717, 1.165) is 0 Å². The number of hydrogen-bond donors (Lipinski definition) is 2. The number of nitrogens with one attached hydrogen (secondary N) is 1. The van der Waals surface area contributed by atoms with Crippen LogP contribution in [0.2, 0.25) is 0 Å². The molecule has 2 amide bonds. The summed E-state index contributed by atoms with van der Waals surface area (Å²) in [7, 11) is 0. The smallest absolute Gasteiger partial charge is 0.312 e. The van der Waals surface area contributed by atoms with Gasteiger partial charge in [-0.05, 0) is 25.7 Å². The number of aliphatic hydroxyl groups excluding tert-OH is 1. The lowest BCUT2D eigenvalue weighted by Crippen LogP contribution is -2.75. The van der Waals surface area contributed by atoms with Gasteiger partial charge in [-0.15, -0.1) is 0 Å². The molecule has 26 heavy (non-hydrogen) atoms. The van der Waals surface area contributed by atoms with Gasteiger partial charge in [0.15, 0.2) is 0 Å². The molecule has 4 aliphatic carbocycles. The second-order valence-corrected chi connectivity index (χ2v) is 8.35. The molecular weight excluding hydrogens is 358 g/mol. The number of carbonyl (C=O) groups excluding carboxylic acids is 2. The molecule has 0 radical (unpaired) electrons. The van der Waals surface area contributed by atoms with E-state index in [9.17, 15) is 32.3 Å². The molecule has 1 aliphatic heterocycles. The van der Waals surface area contributed by atoms with Gasteiger partial charge >= 0.3 is 11.8 Å². The third-order valence-electron chi connectivity index (χ3n) is 6.39. The highest BCUT2D eigenvalue weighted by Crippen LogP contribution is 2.66. The summed E-state index contributed by atoms with van der Waals surface area (Å²) in [6.45, 7) is -1.27. The second-order valence-electron chi connectivity index (χ2n) is 8.35. The molecule has 5 fully saturated rings. The largest absolute Gasteiger partial charge is 0.384 e. The monoisotopic (exact) mass is 375 g/mol. The molecule has 5 rings (SSSR count). The van der Waals surface area contributed by atoms with Gasteiger partial charge < -0.3 is 15.3 Å². The zero-order valence-corrected chi connectivity index (χ0v) is 13.7. The highest BCUT2D eigenvalue weighted by Gasteiger charge is 2.72. The normalized spacial score (nSPS) is 44.2. The van der Waals surface area contributed by atoms with Crippen molar-refractivity contribution in [2.24, 2.45) is 5.41 Å². The molecule has 2 N–H and O–H groups in total. The fourth-order valence-corrected chi connectivity index (χ4v) is 5.21. The Balaban J connectivity index is 1.53. The lowest BCUT2D eigenvalue weighted by Gasteiger charge is -2.66. The molecule has 4 saturated carbocycles. The lowest BCUT2D eigenvalue weighted by atomic mass is 9.40. The summed E-state index contributed by atoms with van der Waals surface area (Å²) in [6, 6.07) is 2.13. The zero-order valence-electron chi connectivity index (χ0n) is 13.7. The predicted molar refractivity (Wildman–Crippen MR) is 77.0 cm³/mol. The Hall–Kier alpha value is -1.89. The topological polar surface area (TPSA) is 93.4 Å².